The lowest BCUT2D eigenvalue weighted by molar-refractivity contribution is -0.140. The van der Waals surface area contributed by atoms with Gasteiger partial charge < -0.3 is 20.5 Å². The van der Waals surface area contributed by atoms with Crippen molar-refractivity contribution < 1.29 is 19.1 Å². The van der Waals surface area contributed by atoms with Gasteiger partial charge in [0.1, 0.15) is 11.0 Å². The number of aromatic nitrogens is 2. The first-order valence-corrected chi connectivity index (χ1v) is 8.23. The molecular weight excluding hydrogens is 336 g/mol. The topological polar surface area (TPSA) is 108 Å². The molecule has 0 fully saturated rings. The van der Waals surface area contributed by atoms with Crippen LogP contribution < -0.4 is 15.8 Å². The first-order valence-electron chi connectivity index (χ1n) is 8.23. The normalized spacial score (nSPS) is 20.5. The molecule has 2 aromatic rings. The molecule has 8 heteroatoms. The van der Waals surface area contributed by atoms with E-state index in [1.807, 2.05) is 6.07 Å². The molecule has 0 bridgehead atoms. The van der Waals surface area contributed by atoms with E-state index in [9.17, 15) is 9.59 Å². The molecule has 1 aromatic carbocycles. The van der Waals surface area contributed by atoms with Crippen molar-refractivity contribution in [2.45, 2.75) is 19.3 Å². The number of fused-ring (bicyclic) bond motifs is 4. The average Bonchev–Trinajstić information content (AvgIpc) is 3.03. The summed E-state index contributed by atoms with van der Waals surface area (Å²) in [6, 6.07) is 7.19. The number of ether oxygens (including phenoxy) is 2. The number of hydrogen-bond donors (Lipinski definition) is 2. The third-order valence-electron chi connectivity index (χ3n) is 4.77. The van der Waals surface area contributed by atoms with Gasteiger partial charge in [-0.25, -0.2) is 9.48 Å². The molecule has 1 spiro atoms. The molecule has 1 aromatic heterocycles. The smallest absolute Gasteiger partial charge is 0.341 e. The van der Waals surface area contributed by atoms with Gasteiger partial charge in [0.05, 0.1) is 17.9 Å². The molecule has 26 heavy (non-hydrogen) atoms. The fraction of sp³-hybridized carbons (Fsp3) is 0.278. The Kier molecular flexibility index (Phi) is 3.33. The second-order valence-corrected chi connectivity index (χ2v) is 6.20. The van der Waals surface area contributed by atoms with Crippen LogP contribution in [0.5, 0.6) is 5.88 Å². The van der Waals surface area contributed by atoms with E-state index in [2.05, 4.69) is 10.4 Å². The van der Waals surface area contributed by atoms with Crippen molar-refractivity contribution in [3.63, 3.8) is 0 Å². The Labute approximate surface area is 149 Å². The number of anilines is 1. The second-order valence-electron chi connectivity index (χ2n) is 6.20. The zero-order valence-corrected chi connectivity index (χ0v) is 14.6. The van der Waals surface area contributed by atoms with Gasteiger partial charge >= 0.3 is 5.97 Å². The summed E-state index contributed by atoms with van der Waals surface area (Å²) in [7, 11) is 1.70. The molecule has 2 aliphatic rings. The number of nitrogens with one attached hydrogen (secondary N) is 1. The number of para-hydroxylation sites is 1. The molecule has 3 N–H and O–H groups in total. The minimum atomic E-state index is -1.46. The van der Waals surface area contributed by atoms with Crippen molar-refractivity contribution in [3.05, 3.63) is 52.5 Å². The van der Waals surface area contributed by atoms with Crippen LogP contribution in [-0.2, 0) is 26.8 Å². The summed E-state index contributed by atoms with van der Waals surface area (Å²) in [6.45, 7) is 3.60. The van der Waals surface area contributed by atoms with E-state index in [-0.39, 0.29) is 24.0 Å². The standard InChI is InChI=1S/C18H18N4O4/c1-4-25-16(23)13-14(19)26-15-12(9(2)21-22(15)3)18(13)10-7-5-6-8-11(10)20-17(18)24/h5-8H,4,19H2,1-3H3,(H,20,24). The Bertz CT molecular complexity index is 991. The van der Waals surface area contributed by atoms with Crippen LogP contribution in [0.3, 0.4) is 0 Å². The van der Waals surface area contributed by atoms with E-state index in [4.69, 9.17) is 15.2 Å². The maximum atomic E-state index is 13.3. The third kappa shape index (κ3) is 1.81. The SMILES string of the molecule is CCOC(=O)C1=C(N)Oc2c(c(C)nn2C)C12C(=O)Nc1ccccc12. The summed E-state index contributed by atoms with van der Waals surface area (Å²) in [5, 5.41) is 7.22. The predicted octanol–water partition coefficient (Wildman–Crippen LogP) is 1.09. The molecule has 0 saturated carbocycles. The monoisotopic (exact) mass is 354 g/mol. The van der Waals surface area contributed by atoms with Crippen molar-refractivity contribution in [2.24, 2.45) is 12.8 Å². The van der Waals surface area contributed by atoms with Crippen molar-refractivity contribution in [3.8, 4) is 5.88 Å². The number of amides is 1. The fourth-order valence-corrected chi connectivity index (χ4v) is 3.86. The summed E-state index contributed by atoms with van der Waals surface area (Å²) in [4.78, 5) is 26.1. The number of hydrogen-bond acceptors (Lipinski definition) is 6. The van der Waals surface area contributed by atoms with Crippen LogP contribution in [-0.4, -0.2) is 28.3 Å². The number of carbonyl (C=O) groups excluding carboxylic acids is 2. The highest BCUT2D eigenvalue weighted by molar-refractivity contribution is 6.17. The van der Waals surface area contributed by atoms with Crippen molar-refractivity contribution in [2.75, 3.05) is 11.9 Å². The van der Waals surface area contributed by atoms with Crippen molar-refractivity contribution >= 4 is 17.6 Å². The first-order chi connectivity index (χ1) is 12.4. The van der Waals surface area contributed by atoms with Crippen LogP contribution in [0.25, 0.3) is 0 Å². The molecule has 1 amide bonds. The Morgan fingerprint density at radius 1 is 1.42 bits per heavy atom. The summed E-state index contributed by atoms with van der Waals surface area (Å²) in [5.74, 6) is -0.901. The first kappa shape index (κ1) is 16.2. The zero-order chi connectivity index (χ0) is 18.6. The zero-order valence-electron chi connectivity index (χ0n) is 14.6. The van der Waals surface area contributed by atoms with Gasteiger partial charge in [-0.05, 0) is 19.9 Å². The van der Waals surface area contributed by atoms with Crippen LogP contribution in [0.1, 0.15) is 23.7 Å². The van der Waals surface area contributed by atoms with E-state index in [0.29, 0.717) is 28.4 Å². The molecule has 0 radical (unpaired) electrons. The highest BCUT2D eigenvalue weighted by atomic mass is 16.5. The Morgan fingerprint density at radius 3 is 2.88 bits per heavy atom. The van der Waals surface area contributed by atoms with E-state index < -0.39 is 11.4 Å². The minimum Gasteiger partial charge on any atom is -0.462 e. The van der Waals surface area contributed by atoms with Gasteiger partial charge in [-0.1, -0.05) is 18.2 Å². The van der Waals surface area contributed by atoms with E-state index in [1.165, 1.54) is 4.68 Å². The number of nitrogens with zero attached hydrogens (tertiary/aromatic N) is 2. The van der Waals surface area contributed by atoms with Crippen LogP contribution in [0.15, 0.2) is 35.7 Å². The number of esters is 1. The Morgan fingerprint density at radius 2 is 2.15 bits per heavy atom. The number of aryl methyl sites for hydroxylation is 2. The van der Waals surface area contributed by atoms with Crippen LogP contribution >= 0.6 is 0 Å². The molecule has 2 aliphatic heterocycles. The molecule has 8 nitrogen and oxygen atoms in total. The Balaban J connectivity index is 2.13. The van der Waals surface area contributed by atoms with Crippen molar-refractivity contribution in [1.29, 1.82) is 0 Å². The second kappa shape index (κ2) is 5.35. The highest BCUT2D eigenvalue weighted by Gasteiger charge is 2.60. The number of carbonyl (C=O) groups is 2. The van der Waals surface area contributed by atoms with Crippen molar-refractivity contribution in [1.82, 2.24) is 9.78 Å². The van der Waals surface area contributed by atoms with Crippen LogP contribution in [0.2, 0.25) is 0 Å². The summed E-state index contributed by atoms with van der Waals surface area (Å²) < 4.78 is 12.4. The summed E-state index contributed by atoms with van der Waals surface area (Å²) >= 11 is 0. The molecule has 0 aliphatic carbocycles. The molecule has 1 atom stereocenters. The predicted molar refractivity (Wildman–Crippen MR) is 92.3 cm³/mol. The quantitative estimate of drug-likeness (QED) is 0.782. The molecule has 134 valence electrons. The van der Waals surface area contributed by atoms with Gasteiger partial charge in [-0.15, -0.1) is 0 Å². The molecular formula is C18H18N4O4. The lowest BCUT2D eigenvalue weighted by Gasteiger charge is -2.33. The van der Waals surface area contributed by atoms with Crippen LogP contribution in [0, 0.1) is 6.92 Å². The fourth-order valence-electron chi connectivity index (χ4n) is 3.86. The lowest BCUT2D eigenvalue weighted by Crippen LogP contribution is -2.46. The van der Waals surface area contributed by atoms with E-state index in [0.717, 1.165) is 0 Å². The van der Waals surface area contributed by atoms with Gasteiger partial charge in [0, 0.05) is 18.3 Å². The van der Waals surface area contributed by atoms with Gasteiger partial charge in [-0.3, -0.25) is 4.79 Å². The van der Waals surface area contributed by atoms with Crippen LogP contribution in [0.4, 0.5) is 5.69 Å². The highest BCUT2D eigenvalue weighted by Crippen LogP contribution is 2.54. The van der Waals surface area contributed by atoms with Gasteiger partial charge in [-0.2, -0.15) is 5.10 Å². The number of rotatable bonds is 2. The third-order valence-corrected chi connectivity index (χ3v) is 4.77. The molecule has 1 unspecified atom stereocenters. The number of benzene rings is 1. The van der Waals surface area contributed by atoms with E-state index >= 15 is 0 Å². The lowest BCUT2D eigenvalue weighted by atomic mass is 9.68. The van der Waals surface area contributed by atoms with Gasteiger partial charge in [0.2, 0.25) is 17.7 Å². The largest absolute Gasteiger partial charge is 0.462 e. The number of nitrogens with two attached hydrogens (primary N) is 1. The minimum absolute atomic E-state index is 0.0228. The van der Waals surface area contributed by atoms with E-state index in [1.54, 1.807) is 39.1 Å². The summed E-state index contributed by atoms with van der Waals surface area (Å²) in [5.41, 5.74) is 6.94. The maximum absolute atomic E-state index is 13.3. The molecule has 0 saturated heterocycles. The van der Waals surface area contributed by atoms with Gasteiger partial charge in [0.25, 0.3) is 0 Å². The molecule has 3 heterocycles. The average molecular weight is 354 g/mol. The Hall–Kier alpha value is -3.29. The molecule has 4 rings (SSSR count). The van der Waals surface area contributed by atoms with Gasteiger partial charge in [0.15, 0.2) is 0 Å². The summed E-state index contributed by atoms with van der Waals surface area (Å²) in [6.07, 6.45) is 0. The maximum Gasteiger partial charge on any atom is 0.341 e.